The Balaban J connectivity index is 1.83. The molecule has 5 heteroatoms. The van der Waals surface area contributed by atoms with Gasteiger partial charge in [-0.1, -0.05) is 0 Å². The third kappa shape index (κ3) is 3.22. The van der Waals surface area contributed by atoms with Gasteiger partial charge >= 0.3 is 5.97 Å². The number of likely N-dealkylation sites (tertiary alicyclic amines) is 1. The number of nitrogens with zero attached hydrogens (tertiary/aromatic N) is 1. The van der Waals surface area contributed by atoms with E-state index in [0.29, 0.717) is 19.4 Å². The lowest BCUT2D eigenvalue weighted by Gasteiger charge is -2.33. The number of hydrogen-bond donors (Lipinski definition) is 1. The first-order valence-corrected chi connectivity index (χ1v) is 6.82. The van der Waals surface area contributed by atoms with E-state index in [1.165, 1.54) is 0 Å². The summed E-state index contributed by atoms with van der Waals surface area (Å²) in [6.45, 7) is 1.38. The van der Waals surface area contributed by atoms with E-state index in [1.807, 2.05) is 0 Å². The predicted molar refractivity (Wildman–Crippen MR) is 65.2 cm³/mol. The maximum atomic E-state index is 12.1. The topological polar surface area (TPSA) is 66.8 Å². The average molecular weight is 255 g/mol. The molecule has 0 radical (unpaired) electrons. The summed E-state index contributed by atoms with van der Waals surface area (Å²) in [7, 11) is 0. The second kappa shape index (κ2) is 6.18. The molecule has 18 heavy (non-hydrogen) atoms. The molecular weight excluding hydrogens is 234 g/mol. The lowest BCUT2D eigenvalue weighted by atomic mass is 10.0. The maximum Gasteiger partial charge on any atom is 0.326 e. The highest BCUT2D eigenvalue weighted by molar-refractivity contribution is 5.83. The molecule has 2 heterocycles. The number of aliphatic carboxylic acids is 1. The smallest absolute Gasteiger partial charge is 0.326 e. The van der Waals surface area contributed by atoms with Crippen LogP contribution in [0.3, 0.4) is 0 Å². The summed E-state index contributed by atoms with van der Waals surface area (Å²) in [5.74, 6) is -0.905. The number of piperidine rings is 1. The molecule has 102 valence electrons. The molecule has 0 aromatic carbocycles. The molecule has 2 saturated heterocycles. The van der Waals surface area contributed by atoms with Crippen molar-refractivity contribution in [3.05, 3.63) is 0 Å². The fourth-order valence-electron chi connectivity index (χ4n) is 2.79. The van der Waals surface area contributed by atoms with Gasteiger partial charge in [-0.25, -0.2) is 4.79 Å². The number of rotatable bonds is 4. The van der Waals surface area contributed by atoms with E-state index in [9.17, 15) is 9.59 Å². The Bertz CT molecular complexity index is 312. The molecule has 0 bridgehead atoms. The summed E-state index contributed by atoms with van der Waals surface area (Å²) >= 11 is 0. The Morgan fingerprint density at radius 3 is 2.72 bits per heavy atom. The quantitative estimate of drug-likeness (QED) is 0.824. The second-order valence-corrected chi connectivity index (χ2v) is 5.11. The van der Waals surface area contributed by atoms with Crippen LogP contribution in [0.2, 0.25) is 0 Å². The molecule has 0 aliphatic carbocycles. The molecule has 1 unspecified atom stereocenters. The number of hydrogen-bond acceptors (Lipinski definition) is 3. The molecular formula is C13H21NO4. The van der Waals surface area contributed by atoms with Gasteiger partial charge in [0.1, 0.15) is 6.04 Å². The molecule has 2 aliphatic heterocycles. The molecule has 2 atom stereocenters. The molecule has 0 aromatic heterocycles. The van der Waals surface area contributed by atoms with Crippen LogP contribution in [0, 0.1) is 0 Å². The highest BCUT2D eigenvalue weighted by atomic mass is 16.5. The first-order valence-electron chi connectivity index (χ1n) is 6.82. The molecule has 5 nitrogen and oxygen atoms in total. The molecule has 0 spiro atoms. The maximum absolute atomic E-state index is 12.1. The average Bonchev–Trinajstić information content (AvgIpc) is 2.89. The van der Waals surface area contributed by atoms with Crippen molar-refractivity contribution in [1.82, 2.24) is 4.90 Å². The van der Waals surface area contributed by atoms with Crippen molar-refractivity contribution in [2.24, 2.45) is 0 Å². The summed E-state index contributed by atoms with van der Waals surface area (Å²) in [4.78, 5) is 24.7. The van der Waals surface area contributed by atoms with Crippen LogP contribution >= 0.6 is 0 Å². The third-order valence-electron chi connectivity index (χ3n) is 3.81. The van der Waals surface area contributed by atoms with Crippen LogP contribution < -0.4 is 0 Å². The summed E-state index contributed by atoms with van der Waals surface area (Å²) < 4.78 is 5.48. The monoisotopic (exact) mass is 255 g/mol. The predicted octanol–water partition coefficient (Wildman–Crippen LogP) is 1.41. The first kappa shape index (κ1) is 13.3. The van der Waals surface area contributed by atoms with Crippen molar-refractivity contribution in [2.45, 2.75) is 57.1 Å². The van der Waals surface area contributed by atoms with Crippen LogP contribution in [0.25, 0.3) is 0 Å². The lowest BCUT2D eigenvalue weighted by molar-refractivity contribution is -0.152. The zero-order valence-corrected chi connectivity index (χ0v) is 10.6. The van der Waals surface area contributed by atoms with Crippen LogP contribution in [0.5, 0.6) is 0 Å². The molecule has 2 rings (SSSR count). The molecule has 2 fully saturated rings. The number of carbonyl (C=O) groups excluding carboxylic acids is 1. The third-order valence-corrected chi connectivity index (χ3v) is 3.81. The summed E-state index contributed by atoms with van der Waals surface area (Å²) in [5, 5.41) is 9.12. The van der Waals surface area contributed by atoms with Crippen molar-refractivity contribution in [3.63, 3.8) is 0 Å². The highest BCUT2D eigenvalue weighted by Gasteiger charge is 2.32. The van der Waals surface area contributed by atoms with Crippen molar-refractivity contribution >= 4 is 11.9 Å². The zero-order valence-electron chi connectivity index (χ0n) is 10.6. The van der Waals surface area contributed by atoms with Gasteiger partial charge in [-0.3, -0.25) is 4.79 Å². The van der Waals surface area contributed by atoms with Crippen molar-refractivity contribution < 1.29 is 19.4 Å². The lowest BCUT2D eigenvalue weighted by Crippen LogP contribution is -2.48. The van der Waals surface area contributed by atoms with Crippen LogP contribution in [0.1, 0.15) is 44.9 Å². The van der Waals surface area contributed by atoms with Gasteiger partial charge < -0.3 is 14.7 Å². The Hall–Kier alpha value is -1.10. The van der Waals surface area contributed by atoms with Gasteiger partial charge in [0.15, 0.2) is 0 Å². The van der Waals surface area contributed by atoms with Gasteiger partial charge in [-0.2, -0.15) is 0 Å². The fourth-order valence-corrected chi connectivity index (χ4v) is 2.79. The minimum absolute atomic E-state index is 0.0300. The number of carboxylic acids is 1. The molecule has 1 amide bonds. The SMILES string of the molecule is O=C(O)[C@H]1CCCCN1C(=O)CCC1CCCO1. The van der Waals surface area contributed by atoms with Crippen molar-refractivity contribution in [2.75, 3.05) is 13.2 Å². The minimum atomic E-state index is -0.875. The summed E-state index contributed by atoms with van der Waals surface area (Å²) in [6.07, 6.45) is 5.82. The van der Waals surface area contributed by atoms with Crippen molar-refractivity contribution in [3.8, 4) is 0 Å². The summed E-state index contributed by atoms with van der Waals surface area (Å²) in [5.41, 5.74) is 0. The number of amides is 1. The van der Waals surface area contributed by atoms with Gasteiger partial charge in [0.05, 0.1) is 6.10 Å². The Morgan fingerprint density at radius 1 is 1.22 bits per heavy atom. The van der Waals surface area contributed by atoms with Crippen LogP contribution in [-0.2, 0) is 14.3 Å². The minimum Gasteiger partial charge on any atom is -0.480 e. The van der Waals surface area contributed by atoms with Gasteiger partial charge in [-0.15, -0.1) is 0 Å². The molecule has 0 aromatic rings. The number of ether oxygens (including phenoxy) is 1. The Labute approximate surface area is 107 Å². The fraction of sp³-hybridized carbons (Fsp3) is 0.846. The number of carboxylic acid groups (broad SMARTS) is 1. The van der Waals surface area contributed by atoms with Crippen LogP contribution in [-0.4, -0.2) is 47.2 Å². The standard InChI is InChI=1S/C13H21NO4/c15-12(7-6-10-4-3-9-18-10)14-8-2-1-5-11(14)13(16)17/h10-11H,1-9H2,(H,16,17)/t10?,11-/m1/s1. The second-order valence-electron chi connectivity index (χ2n) is 5.11. The Kier molecular flexibility index (Phi) is 4.58. The molecule has 0 saturated carbocycles. The normalized spacial score (nSPS) is 28.3. The van der Waals surface area contributed by atoms with E-state index in [-0.39, 0.29) is 12.0 Å². The largest absolute Gasteiger partial charge is 0.480 e. The van der Waals surface area contributed by atoms with Gasteiger partial charge in [0.25, 0.3) is 0 Å². The highest BCUT2D eigenvalue weighted by Crippen LogP contribution is 2.21. The van der Waals surface area contributed by atoms with Gasteiger partial charge in [0, 0.05) is 19.6 Å². The van der Waals surface area contributed by atoms with Gasteiger partial charge in [-0.05, 0) is 38.5 Å². The van der Waals surface area contributed by atoms with E-state index < -0.39 is 12.0 Å². The van der Waals surface area contributed by atoms with E-state index in [0.717, 1.165) is 38.7 Å². The van der Waals surface area contributed by atoms with E-state index >= 15 is 0 Å². The first-order chi connectivity index (χ1) is 8.68. The van der Waals surface area contributed by atoms with E-state index in [1.54, 1.807) is 4.90 Å². The van der Waals surface area contributed by atoms with Crippen molar-refractivity contribution in [1.29, 1.82) is 0 Å². The number of carbonyl (C=O) groups is 2. The van der Waals surface area contributed by atoms with Crippen LogP contribution in [0.15, 0.2) is 0 Å². The summed E-state index contributed by atoms with van der Waals surface area (Å²) in [6, 6.07) is -0.615. The van der Waals surface area contributed by atoms with Crippen LogP contribution in [0.4, 0.5) is 0 Å². The van der Waals surface area contributed by atoms with Gasteiger partial charge in [0.2, 0.25) is 5.91 Å². The zero-order chi connectivity index (χ0) is 13.0. The van der Waals surface area contributed by atoms with E-state index in [2.05, 4.69) is 0 Å². The molecule has 1 N–H and O–H groups in total. The Morgan fingerprint density at radius 2 is 2.06 bits per heavy atom. The molecule has 2 aliphatic rings. The van der Waals surface area contributed by atoms with E-state index in [4.69, 9.17) is 9.84 Å².